The lowest BCUT2D eigenvalue weighted by Crippen LogP contribution is -2.40. The molecule has 164 valence electrons. The molecule has 1 amide bonds. The summed E-state index contributed by atoms with van der Waals surface area (Å²) in [6.45, 7) is 10.6. The highest BCUT2D eigenvalue weighted by Gasteiger charge is 2.26. The van der Waals surface area contributed by atoms with E-state index < -0.39 is 21.5 Å². The molecular weight excluding hydrogens is 402 g/mol. The molecule has 1 fully saturated rings. The minimum Gasteiger partial charge on any atom is -0.438 e. The van der Waals surface area contributed by atoms with Gasteiger partial charge in [-0.3, -0.25) is 9.69 Å². The molecule has 1 aromatic carbocycles. The zero-order valence-electron chi connectivity index (χ0n) is 18.1. The van der Waals surface area contributed by atoms with Gasteiger partial charge in [0.15, 0.2) is 5.76 Å². The van der Waals surface area contributed by atoms with Crippen molar-refractivity contribution in [2.75, 3.05) is 18.4 Å². The number of benzene rings is 1. The predicted molar refractivity (Wildman–Crippen MR) is 117 cm³/mol. The summed E-state index contributed by atoms with van der Waals surface area (Å²) in [6, 6.07) is 10.3. The maximum Gasteiger partial charge on any atom is 0.291 e. The van der Waals surface area contributed by atoms with Crippen LogP contribution in [0.2, 0.25) is 0 Å². The lowest BCUT2D eigenvalue weighted by atomic mass is 9.99. The van der Waals surface area contributed by atoms with Gasteiger partial charge in [-0.1, -0.05) is 19.1 Å². The molecule has 0 radical (unpaired) electrons. The smallest absolute Gasteiger partial charge is 0.291 e. The number of hydrogen-bond donors (Lipinski definition) is 2. The van der Waals surface area contributed by atoms with E-state index in [0.29, 0.717) is 5.69 Å². The van der Waals surface area contributed by atoms with Crippen LogP contribution < -0.4 is 10.0 Å². The van der Waals surface area contributed by atoms with E-state index in [2.05, 4.69) is 21.9 Å². The van der Waals surface area contributed by atoms with E-state index in [1.165, 1.54) is 30.5 Å². The van der Waals surface area contributed by atoms with Gasteiger partial charge in [0.25, 0.3) is 15.9 Å². The van der Waals surface area contributed by atoms with Crippen LogP contribution in [-0.2, 0) is 16.6 Å². The molecule has 0 spiro atoms. The van der Waals surface area contributed by atoms with Crippen LogP contribution in [0, 0.1) is 5.92 Å². The monoisotopic (exact) mass is 433 g/mol. The Bertz CT molecular complexity index is 967. The molecule has 2 heterocycles. The van der Waals surface area contributed by atoms with Gasteiger partial charge in [-0.15, -0.1) is 0 Å². The Morgan fingerprint density at radius 1 is 1.10 bits per heavy atom. The van der Waals surface area contributed by atoms with Crippen LogP contribution in [0.15, 0.2) is 45.9 Å². The maximum absolute atomic E-state index is 12.4. The summed E-state index contributed by atoms with van der Waals surface area (Å²) in [5.74, 6) is 0.251. The number of sulfonamides is 1. The van der Waals surface area contributed by atoms with E-state index in [1.54, 1.807) is 20.8 Å². The van der Waals surface area contributed by atoms with Crippen molar-refractivity contribution in [3.05, 3.63) is 47.7 Å². The summed E-state index contributed by atoms with van der Waals surface area (Å²) < 4.78 is 32.4. The second-order valence-corrected chi connectivity index (χ2v) is 10.7. The number of carbonyl (C=O) groups is 1. The van der Waals surface area contributed by atoms with Gasteiger partial charge in [0, 0.05) is 17.8 Å². The second kappa shape index (κ2) is 8.91. The summed E-state index contributed by atoms with van der Waals surface area (Å²) in [7, 11) is -3.83. The van der Waals surface area contributed by atoms with Crippen LogP contribution in [0.4, 0.5) is 5.69 Å². The minimum atomic E-state index is -3.83. The van der Waals surface area contributed by atoms with Crippen LogP contribution in [0.5, 0.6) is 0 Å². The molecule has 1 aromatic heterocycles. The van der Waals surface area contributed by atoms with Gasteiger partial charge < -0.3 is 9.73 Å². The van der Waals surface area contributed by atoms with E-state index in [-0.39, 0.29) is 10.9 Å². The largest absolute Gasteiger partial charge is 0.438 e. The van der Waals surface area contributed by atoms with Crippen molar-refractivity contribution in [3.63, 3.8) is 0 Å². The fourth-order valence-corrected chi connectivity index (χ4v) is 4.76. The Morgan fingerprint density at radius 3 is 2.33 bits per heavy atom. The number of hydrogen-bond acceptors (Lipinski definition) is 5. The van der Waals surface area contributed by atoms with Gasteiger partial charge in [-0.05, 0) is 82.4 Å². The van der Waals surface area contributed by atoms with Crippen LogP contribution in [-0.4, -0.2) is 37.9 Å². The molecule has 7 nitrogen and oxygen atoms in total. The van der Waals surface area contributed by atoms with E-state index in [1.807, 2.05) is 24.3 Å². The number of piperidine rings is 1. The van der Waals surface area contributed by atoms with E-state index in [0.717, 1.165) is 25.6 Å². The molecule has 0 saturated carbocycles. The number of nitrogens with one attached hydrogen (secondary N) is 2. The molecule has 1 aliphatic rings. The third-order valence-corrected chi connectivity index (χ3v) is 6.64. The number of anilines is 1. The molecule has 2 N–H and O–H groups in total. The lowest BCUT2D eigenvalue weighted by Gasteiger charge is -2.30. The first-order valence-corrected chi connectivity index (χ1v) is 11.8. The van der Waals surface area contributed by atoms with Crippen LogP contribution in [0.1, 0.15) is 56.7 Å². The summed E-state index contributed by atoms with van der Waals surface area (Å²) in [5, 5.41) is 2.46. The zero-order valence-corrected chi connectivity index (χ0v) is 18.9. The summed E-state index contributed by atoms with van der Waals surface area (Å²) in [5.41, 5.74) is 1.18. The van der Waals surface area contributed by atoms with Crippen molar-refractivity contribution in [1.29, 1.82) is 0 Å². The van der Waals surface area contributed by atoms with E-state index >= 15 is 0 Å². The SMILES string of the molecule is CC1CCN(Cc2ccc(NC(=O)c3ccc(S(=O)(=O)NC(C)(C)C)o3)cc2)CC1. The zero-order chi connectivity index (χ0) is 21.9. The number of rotatable bonds is 6. The molecule has 1 saturated heterocycles. The highest BCUT2D eigenvalue weighted by molar-refractivity contribution is 7.89. The third-order valence-electron chi connectivity index (χ3n) is 5.00. The number of nitrogens with zero attached hydrogens (tertiary/aromatic N) is 1. The molecule has 0 aliphatic carbocycles. The normalized spacial score (nSPS) is 16.5. The average Bonchev–Trinajstić information content (AvgIpc) is 3.15. The fraction of sp³-hybridized carbons (Fsp3) is 0.500. The van der Waals surface area contributed by atoms with Gasteiger partial charge in [0.05, 0.1) is 0 Å². The standard InChI is InChI=1S/C22H31N3O4S/c1-16-11-13-25(14-12-16)15-17-5-7-18(8-6-17)23-21(26)19-9-10-20(29-19)30(27,28)24-22(2,3)4/h5-10,16,24H,11-15H2,1-4H3,(H,23,26). The molecule has 0 bridgehead atoms. The first-order valence-electron chi connectivity index (χ1n) is 10.3. The van der Waals surface area contributed by atoms with Crippen LogP contribution in [0.25, 0.3) is 0 Å². The number of likely N-dealkylation sites (tertiary alicyclic amines) is 1. The van der Waals surface area contributed by atoms with Gasteiger partial charge in [0.1, 0.15) is 0 Å². The molecule has 1 aliphatic heterocycles. The molecule has 0 atom stereocenters. The minimum absolute atomic E-state index is 0.0594. The van der Waals surface area contributed by atoms with Crippen LogP contribution >= 0.6 is 0 Å². The Kier molecular flexibility index (Phi) is 6.69. The number of carbonyl (C=O) groups excluding carboxylic acids is 1. The summed E-state index contributed by atoms with van der Waals surface area (Å²) in [4.78, 5) is 14.9. The Labute approximate surface area is 178 Å². The Hall–Kier alpha value is -2.16. The van der Waals surface area contributed by atoms with Gasteiger partial charge >= 0.3 is 0 Å². The van der Waals surface area contributed by atoms with Gasteiger partial charge in [-0.25, -0.2) is 13.1 Å². The quantitative estimate of drug-likeness (QED) is 0.722. The third kappa shape index (κ3) is 6.17. The maximum atomic E-state index is 12.4. The molecule has 0 unspecified atom stereocenters. The molecule has 30 heavy (non-hydrogen) atoms. The molecule has 3 rings (SSSR count). The van der Waals surface area contributed by atoms with Crippen molar-refractivity contribution in [2.45, 2.75) is 57.7 Å². The van der Waals surface area contributed by atoms with Crippen molar-refractivity contribution in [3.8, 4) is 0 Å². The molecule has 8 heteroatoms. The summed E-state index contributed by atoms with van der Waals surface area (Å²) in [6.07, 6.45) is 2.47. The molecule has 2 aromatic rings. The van der Waals surface area contributed by atoms with Gasteiger partial charge in [0.2, 0.25) is 5.09 Å². The van der Waals surface area contributed by atoms with Crippen molar-refractivity contribution < 1.29 is 17.6 Å². The first kappa shape index (κ1) is 22.5. The van der Waals surface area contributed by atoms with Crippen molar-refractivity contribution in [2.24, 2.45) is 5.92 Å². The van der Waals surface area contributed by atoms with Crippen molar-refractivity contribution >= 4 is 21.6 Å². The van der Waals surface area contributed by atoms with E-state index in [9.17, 15) is 13.2 Å². The highest BCUT2D eigenvalue weighted by Crippen LogP contribution is 2.20. The van der Waals surface area contributed by atoms with E-state index in [4.69, 9.17) is 4.42 Å². The second-order valence-electron chi connectivity index (χ2n) is 9.08. The average molecular weight is 434 g/mol. The Morgan fingerprint density at radius 2 is 1.73 bits per heavy atom. The fourth-order valence-electron chi connectivity index (χ4n) is 3.40. The Balaban J connectivity index is 1.59. The van der Waals surface area contributed by atoms with Crippen molar-refractivity contribution in [1.82, 2.24) is 9.62 Å². The highest BCUT2D eigenvalue weighted by atomic mass is 32.2. The lowest BCUT2D eigenvalue weighted by molar-refractivity contribution is 0.0991. The first-order chi connectivity index (χ1) is 14.0. The molecular formula is C22H31N3O4S. The predicted octanol–water partition coefficient (Wildman–Crippen LogP) is 3.84. The topological polar surface area (TPSA) is 91.7 Å². The summed E-state index contributed by atoms with van der Waals surface area (Å²) >= 11 is 0. The van der Waals surface area contributed by atoms with Gasteiger partial charge in [-0.2, -0.15) is 0 Å². The number of amides is 1. The number of furan rings is 1. The van der Waals surface area contributed by atoms with Crippen LogP contribution in [0.3, 0.4) is 0 Å².